The largest absolute Gasteiger partial charge is 0.314 e. The molecule has 16 heavy (non-hydrogen) atoms. The number of Topliss-reactive ketones (excluding diaryl/α,β-unsaturated/α-hetero) is 1. The maximum Gasteiger partial charge on any atom is 0.174 e. The van der Waals surface area contributed by atoms with Crippen molar-refractivity contribution in [1.29, 1.82) is 0 Å². The normalized spacial score (nSPS) is 21.7. The van der Waals surface area contributed by atoms with Gasteiger partial charge in [0.15, 0.2) is 5.78 Å². The van der Waals surface area contributed by atoms with Gasteiger partial charge in [-0.05, 0) is 43.3 Å². The predicted octanol–water partition coefficient (Wildman–Crippen LogP) is 3.16. The Hall–Kier alpha value is -0.670. The lowest BCUT2D eigenvalue weighted by Gasteiger charge is -2.14. The summed E-state index contributed by atoms with van der Waals surface area (Å²) in [5, 5.41) is 5.48. The van der Waals surface area contributed by atoms with Crippen molar-refractivity contribution in [2.75, 3.05) is 6.54 Å². The minimum Gasteiger partial charge on any atom is -0.314 e. The first-order chi connectivity index (χ1) is 7.77. The average molecular weight is 237 g/mol. The monoisotopic (exact) mass is 237 g/mol. The Morgan fingerprint density at radius 3 is 3.12 bits per heavy atom. The van der Waals surface area contributed by atoms with Gasteiger partial charge in [-0.15, -0.1) is 11.3 Å². The van der Waals surface area contributed by atoms with E-state index in [1.807, 2.05) is 18.4 Å². The summed E-state index contributed by atoms with van der Waals surface area (Å²) < 4.78 is 0. The summed E-state index contributed by atoms with van der Waals surface area (Å²) in [5.74, 6) is 0.312. The summed E-state index contributed by atoms with van der Waals surface area (Å²) in [7, 11) is 0. The van der Waals surface area contributed by atoms with Crippen molar-refractivity contribution >= 4 is 17.1 Å². The third-order valence-corrected chi connectivity index (χ3v) is 4.27. The molecule has 0 amide bonds. The molecule has 0 radical (unpaired) electrons. The van der Waals surface area contributed by atoms with E-state index >= 15 is 0 Å². The van der Waals surface area contributed by atoms with Gasteiger partial charge in [0, 0.05) is 12.5 Å². The van der Waals surface area contributed by atoms with Gasteiger partial charge in [-0.3, -0.25) is 4.79 Å². The van der Waals surface area contributed by atoms with Gasteiger partial charge in [0.25, 0.3) is 0 Å². The number of hydrogen-bond acceptors (Lipinski definition) is 3. The summed E-state index contributed by atoms with van der Waals surface area (Å²) in [4.78, 5) is 13.0. The van der Waals surface area contributed by atoms with E-state index in [1.165, 1.54) is 19.3 Å². The first-order valence-corrected chi connectivity index (χ1v) is 6.96. The van der Waals surface area contributed by atoms with Crippen LogP contribution in [0.3, 0.4) is 0 Å². The maximum absolute atomic E-state index is 12.1. The Bertz CT molecular complexity index is 351. The molecule has 1 aliphatic rings. The van der Waals surface area contributed by atoms with Gasteiger partial charge in [-0.1, -0.05) is 12.8 Å². The topological polar surface area (TPSA) is 29.1 Å². The van der Waals surface area contributed by atoms with Gasteiger partial charge in [-0.25, -0.2) is 0 Å². The highest BCUT2D eigenvalue weighted by atomic mass is 32.1. The van der Waals surface area contributed by atoms with Gasteiger partial charge in [0.1, 0.15) is 0 Å². The van der Waals surface area contributed by atoms with Crippen LogP contribution in [-0.2, 0) is 0 Å². The van der Waals surface area contributed by atoms with Crippen LogP contribution in [0.2, 0.25) is 0 Å². The van der Waals surface area contributed by atoms with Crippen LogP contribution in [0.5, 0.6) is 0 Å². The first-order valence-electron chi connectivity index (χ1n) is 6.08. The van der Waals surface area contributed by atoms with Gasteiger partial charge in [0.2, 0.25) is 0 Å². The van der Waals surface area contributed by atoms with Crippen LogP contribution in [0.1, 0.15) is 47.3 Å². The molecule has 2 rings (SSSR count). The lowest BCUT2D eigenvalue weighted by Crippen LogP contribution is -2.30. The van der Waals surface area contributed by atoms with E-state index in [-0.39, 0.29) is 0 Å². The molecule has 1 aromatic heterocycles. The number of hydrogen-bond donors (Lipinski definition) is 1. The number of ketones is 1. The summed E-state index contributed by atoms with van der Waals surface area (Å²) in [6, 6.07) is 2.43. The summed E-state index contributed by atoms with van der Waals surface area (Å²) in [5.41, 5.74) is 1.13. The number of aryl methyl sites for hydroxylation is 1. The second-order valence-electron chi connectivity index (χ2n) is 4.56. The zero-order valence-electron chi connectivity index (χ0n) is 9.79. The van der Waals surface area contributed by atoms with Gasteiger partial charge < -0.3 is 5.32 Å². The fraction of sp³-hybridized carbons (Fsp3) is 0.615. The molecule has 2 heterocycles. The lowest BCUT2D eigenvalue weighted by atomic mass is 10.0. The number of thiophene rings is 1. The van der Waals surface area contributed by atoms with Gasteiger partial charge >= 0.3 is 0 Å². The highest BCUT2D eigenvalue weighted by Crippen LogP contribution is 2.20. The summed E-state index contributed by atoms with van der Waals surface area (Å²) in [6.45, 7) is 3.09. The Morgan fingerprint density at radius 1 is 1.50 bits per heavy atom. The molecule has 0 spiro atoms. The Morgan fingerprint density at radius 2 is 2.38 bits per heavy atom. The summed E-state index contributed by atoms with van der Waals surface area (Å²) in [6.07, 6.45) is 5.63. The molecule has 0 bridgehead atoms. The van der Waals surface area contributed by atoms with Crippen LogP contribution < -0.4 is 5.32 Å². The fourth-order valence-electron chi connectivity index (χ4n) is 2.25. The predicted molar refractivity (Wildman–Crippen MR) is 68.3 cm³/mol. The van der Waals surface area contributed by atoms with Crippen LogP contribution in [-0.4, -0.2) is 18.4 Å². The molecule has 0 aliphatic carbocycles. The molecule has 2 nitrogen and oxygen atoms in total. The van der Waals surface area contributed by atoms with E-state index in [0.29, 0.717) is 18.2 Å². The van der Waals surface area contributed by atoms with Crippen molar-refractivity contribution in [2.45, 2.75) is 45.1 Å². The third kappa shape index (κ3) is 2.92. The highest BCUT2D eigenvalue weighted by molar-refractivity contribution is 7.12. The zero-order chi connectivity index (χ0) is 11.4. The molecule has 3 heteroatoms. The van der Waals surface area contributed by atoms with Crippen molar-refractivity contribution in [2.24, 2.45) is 0 Å². The first kappa shape index (κ1) is 11.8. The maximum atomic E-state index is 12.1. The number of nitrogens with one attached hydrogen (secondary N) is 1. The third-order valence-electron chi connectivity index (χ3n) is 3.21. The molecule has 1 fully saturated rings. The van der Waals surface area contributed by atoms with E-state index < -0.39 is 0 Å². The lowest BCUT2D eigenvalue weighted by molar-refractivity contribution is 0.0971. The SMILES string of the molecule is Cc1ccsc1C(=O)CC1CCCCCN1. The molecule has 1 unspecified atom stereocenters. The second kappa shape index (κ2) is 5.60. The van der Waals surface area contributed by atoms with Gasteiger partial charge in [0.05, 0.1) is 4.88 Å². The fourth-order valence-corrected chi connectivity index (χ4v) is 3.13. The molecule has 1 aliphatic heterocycles. The number of carbonyl (C=O) groups excluding carboxylic acids is 1. The Kier molecular flexibility index (Phi) is 4.13. The Labute approximate surface area is 101 Å². The smallest absolute Gasteiger partial charge is 0.174 e. The molecular formula is C13H19NOS. The van der Waals surface area contributed by atoms with E-state index in [9.17, 15) is 4.79 Å². The minimum absolute atomic E-state index is 0.312. The van der Waals surface area contributed by atoms with Crippen molar-refractivity contribution < 1.29 is 4.79 Å². The van der Waals surface area contributed by atoms with Gasteiger partial charge in [-0.2, -0.15) is 0 Å². The van der Waals surface area contributed by atoms with Crippen LogP contribution in [0.25, 0.3) is 0 Å². The highest BCUT2D eigenvalue weighted by Gasteiger charge is 2.18. The number of carbonyl (C=O) groups is 1. The molecule has 0 saturated carbocycles. The molecule has 1 aromatic rings. The Balaban J connectivity index is 1.93. The van der Waals surface area contributed by atoms with Crippen molar-refractivity contribution in [3.63, 3.8) is 0 Å². The van der Waals surface area contributed by atoms with Crippen LogP contribution in [0, 0.1) is 6.92 Å². The number of rotatable bonds is 3. The quantitative estimate of drug-likeness (QED) is 0.818. The minimum atomic E-state index is 0.312. The molecule has 88 valence electrons. The van der Waals surface area contributed by atoms with Crippen LogP contribution in [0.15, 0.2) is 11.4 Å². The molecular weight excluding hydrogens is 218 g/mol. The van der Waals surface area contributed by atoms with E-state index in [1.54, 1.807) is 11.3 Å². The average Bonchev–Trinajstić information content (AvgIpc) is 2.53. The van der Waals surface area contributed by atoms with Crippen LogP contribution >= 0.6 is 11.3 Å². The van der Waals surface area contributed by atoms with Crippen molar-refractivity contribution in [3.8, 4) is 0 Å². The van der Waals surface area contributed by atoms with E-state index in [2.05, 4.69) is 5.32 Å². The molecule has 1 N–H and O–H groups in total. The van der Waals surface area contributed by atoms with Crippen LogP contribution in [0.4, 0.5) is 0 Å². The van der Waals surface area contributed by atoms with E-state index in [0.717, 1.165) is 23.4 Å². The van der Waals surface area contributed by atoms with E-state index in [4.69, 9.17) is 0 Å². The second-order valence-corrected chi connectivity index (χ2v) is 5.48. The summed E-state index contributed by atoms with van der Waals surface area (Å²) >= 11 is 1.57. The van der Waals surface area contributed by atoms with Crippen molar-refractivity contribution in [3.05, 3.63) is 21.9 Å². The standard InChI is InChI=1S/C13H19NOS/c1-10-6-8-16-13(10)12(15)9-11-5-3-2-4-7-14-11/h6,8,11,14H,2-5,7,9H2,1H3. The zero-order valence-corrected chi connectivity index (χ0v) is 10.6. The molecule has 0 aromatic carbocycles. The molecule has 1 saturated heterocycles. The van der Waals surface area contributed by atoms with Crippen molar-refractivity contribution in [1.82, 2.24) is 5.32 Å². The molecule has 1 atom stereocenters.